The summed E-state index contributed by atoms with van der Waals surface area (Å²) >= 11 is 5.64. The second-order valence-corrected chi connectivity index (χ2v) is 4.97. The average molecular weight is 289 g/mol. The second-order valence-electron chi connectivity index (χ2n) is 4.58. The van der Waals surface area contributed by atoms with Crippen molar-refractivity contribution in [1.82, 2.24) is 10.1 Å². The Balaban J connectivity index is 1.84. The van der Waals surface area contributed by atoms with Gasteiger partial charge in [0.15, 0.2) is 5.15 Å². The Hall–Kier alpha value is -1.11. The summed E-state index contributed by atoms with van der Waals surface area (Å²) in [6.07, 6.45) is 0.809. The number of amides is 1. The number of rotatable bonds is 4. The van der Waals surface area contributed by atoms with Crippen LogP contribution in [-0.2, 0) is 16.0 Å². The van der Waals surface area contributed by atoms with Gasteiger partial charge in [0, 0.05) is 44.5 Å². The summed E-state index contributed by atoms with van der Waals surface area (Å²) < 4.78 is 10.3. The van der Waals surface area contributed by atoms with E-state index in [0.29, 0.717) is 50.1 Å². The molecule has 0 aliphatic carbocycles. The highest BCUT2D eigenvalue weighted by Crippen LogP contribution is 2.13. The molecule has 2 rings (SSSR count). The van der Waals surface area contributed by atoms with Crippen LogP contribution in [0.2, 0.25) is 5.15 Å². The number of hydrogen-bond donors (Lipinski definition) is 1. The van der Waals surface area contributed by atoms with Gasteiger partial charge < -0.3 is 19.3 Å². The predicted octanol–water partition coefficient (Wildman–Crippen LogP) is 0.728. The van der Waals surface area contributed by atoms with Crippen molar-refractivity contribution in [2.24, 2.45) is 5.92 Å². The molecule has 1 fully saturated rings. The van der Waals surface area contributed by atoms with Crippen LogP contribution in [0, 0.1) is 5.92 Å². The average Bonchev–Trinajstić information content (AvgIpc) is 2.68. The Morgan fingerprint density at radius 2 is 2.47 bits per heavy atom. The summed E-state index contributed by atoms with van der Waals surface area (Å²) in [5.74, 6) is 0.616. The van der Waals surface area contributed by atoms with E-state index in [2.05, 4.69) is 5.16 Å². The number of aliphatic hydroxyl groups excluding tert-OH is 1. The summed E-state index contributed by atoms with van der Waals surface area (Å²) in [5, 5.41) is 13.0. The maximum Gasteiger partial charge on any atom is 0.223 e. The Bertz CT molecular complexity index is 424. The highest BCUT2D eigenvalue weighted by molar-refractivity contribution is 6.29. The molecule has 1 saturated heterocycles. The third kappa shape index (κ3) is 4.19. The van der Waals surface area contributed by atoms with E-state index in [9.17, 15) is 9.90 Å². The molecule has 0 saturated carbocycles. The molecule has 1 aromatic rings. The van der Waals surface area contributed by atoms with E-state index in [1.807, 2.05) is 0 Å². The summed E-state index contributed by atoms with van der Waals surface area (Å²) in [6, 6.07) is 1.61. The van der Waals surface area contributed by atoms with Gasteiger partial charge in [0.1, 0.15) is 5.76 Å². The first-order valence-corrected chi connectivity index (χ1v) is 6.64. The quantitative estimate of drug-likeness (QED) is 0.884. The molecule has 1 aliphatic heterocycles. The third-order valence-corrected chi connectivity index (χ3v) is 3.24. The Labute approximate surface area is 116 Å². The highest BCUT2D eigenvalue weighted by atomic mass is 35.5. The Morgan fingerprint density at radius 3 is 3.16 bits per heavy atom. The van der Waals surface area contributed by atoms with Gasteiger partial charge in [0.2, 0.25) is 5.91 Å². The first-order valence-electron chi connectivity index (χ1n) is 6.26. The molecule has 1 atom stereocenters. The third-order valence-electron chi connectivity index (χ3n) is 3.06. The van der Waals surface area contributed by atoms with Gasteiger partial charge in [-0.25, -0.2) is 0 Å². The van der Waals surface area contributed by atoms with E-state index in [0.717, 1.165) is 0 Å². The van der Waals surface area contributed by atoms with Crippen LogP contribution in [0.25, 0.3) is 0 Å². The van der Waals surface area contributed by atoms with E-state index in [1.54, 1.807) is 11.0 Å². The van der Waals surface area contributed by atoms with Gasteiger partial charge in [0.25, 0.3) is 0 Å². The molecular weight excluding hydrogens is 272 g/mol. The van der Waals surface area contributed by atoms with Gasteiger partial charge in [-0.15, -0.1) is 0 Å². The maximum absolute atomic E-state index is 12.1. The molecule has 1 aromatic heterocycles. The lowest BCUT2D eigenvalue weighted by molar-refractivity contribution is -0.131. The van der Waals surface area contributed by atoms with Crippen LogP contribution in [0.5, 0.6) is 0 Å². The van der Waals surface area contributed by atoms with Crippen LogP contribution < -0.4 is 0 Å². The SMILES string of the molecule is O=C(CCc1cc(Cl)no1)N1CCOCC(CO)C1. The van der Waals surface area contributed by atoms with Crippen molar-refractivity contribution >= 4 is 17.5 Å². The number of carbonyl (C=O) groups excluding carboxylic acids is 1. The smallest absolute Gasteiger partial charge is 0.223 e. The zero-order chi connectivity index (χ0) is 13.7. The van der Waals surface area contributed by atoms with Crippen molar-refractivity contribution in [3.63, 3.8) is 0 Å². The van der Waals surface area contributed by atoms with E-state index < -0.39 is 0 Å². The number of hydrogen-bond acceptors (Lipinski definition) is 5. The van der Waals surface area contributed by atoms with Crippen LogP contribution in [0.15, 0.2) is 10.6 Å². The topological polar surface area (TPSA) is 75.8 Å². The lowest BCUT2D eigenvalue weighted by Gasteiger charge is -2.22. The molecule has 19 heavy (non-hydrogen) atoms. The van der Waals surface area contributed by atoms with Gasteiger partial charge >= 0.3 is 0 Å². The monoisotopic (exact) mass is 288 g/mol. The Kier molecular flexibility index (Phi) is 5.18. The first-order chi connectivity index (χ1) is 9.19. The molecule has 6 nitrogen and oxygen atoms in total. The number of carbonyl (C=O) groups is 1. The summed E-state index contributed by atoms with van der Waals surface area (Å²) in [7, 11) is 0. The fraction of sp³-hybridized carbons (Fsp3) is 0.667. The van der Waals surface area contributed by atoms with Gasteiger partial charge in [-0.05, 0) is 0 Å². The maximum atomic E-state index is 12.1. The molecule has 0 spiro atoms. The molecular formula is C12H17ClN2O4. The largest absolute Gasteiger partial charge is 0.396 e. The fourth-order valence-corrected chi connectivity index (χ4v) is 2.17. The minimum Gasteiger partial charge on any atom is -0.396 e. The van der Waals surface area contributed by atoms with Crippen molar-refractivity contribution < 1.29 is 19.2 Å². The molecule has 106 valence electrons. The van der Waals surface area contributed by atoms with Crippen LogP contribution in [-0.4, -0.2) is 54.0 Å². The second kappa shape index (κ2) is 6.88. The van der Waals surface area contributed by atoms with Gasteiger partial charge in [-0.3, -0.25) is 4.79 Å². The number of ether oxygens (including phenoxy) is 1. The minimum atomic E-state index is -0.00817. The number of aryl methyl sites for hydroxylation is 1. The Morgan fingerprint density at radius 1 is 1.63 bits per heavy atom. The summed E-state index contributed by atoms with van der Waals surface area (Å²) in [5.41, 5.74) is 0. The van der Waals surface area contributed by atoms with Crippen molar-refractivity contribution in [1.29, 1.82) is 0 Å². The number of halogens is 1. The molecule has 0 radical (unpaired) electrons. The molecule has 1 N–H and O–H groups in total. The molecule has 1 unspecified atom stereocenters. The molecule has 0 bridgehead atoms. The molecule has 1 amide bonds. The predicted molar refractivity (Wildman–Crippen MR) is 67.8 cm³/mol. The normalized spacial score (nSPS) is 20.3. The first kappa shape index (κ1) is 14.3. The van der Waals surface area contributed by atoms with E-state index in [4.69, 9.17) is 20.9 Å². The van der Waals surface area contributed by atoms with Crippen LogP contribution >= 0.6 is 11.6 Å². The molecule has 0 aromatic carbocycles. The lowest BCUT2D eigenvalue weighted by Crippen LogP contribution is -2.36. The van der Waals surface area contributed by atoms with E-state index >= 15 is 0 Å². The van der Waals surface area contributed by atoms with E-state index in [1.165, 1.54) is 0 Å². The van der Waals surface area contributed by atoms with Crippen molar-refractivity contribution in [3.8, 4) is 0 Å². The van der Waals surface area contributed by atoms with Gasteiger partial charge in [0.05, 0.1) is 13.2 Å². The number of aliphatic hydroxyl groups is 1. The van der Waals surface area contributed by atoms with E-state index in [-0.39, 0.29) is 18.4 Å². The molecule has 1 aliphatic rings. The van der Waals surface area contributed by atoms with Crippen molar-refractivity contribution in [3.05, 3.63) is 17.0 Å². The lowest BCUT2D eigenvalue weighted by atomic mass is 10.1. The van der Waals surface area contributed by atoms with Crippen molar-refractivity contribution in [2.75, 3.05) is 32.9 Å². The number of aromatic nitrogens is 1. The number of nitrogens with zero attached hydrogens (tertiary/aromatic N) is 2. The van der Waals surface area contributed by atoms with Gasteiger partial charge in [-0.1, -0.05) is 16.8 Å². The van der Waals surface area contributed by atoms with Crippen LogP contribution in [0.4, 0.5) is 0 Å². The van der Waals surface area contributed by atoms with Crippen LogP contribution in [0.1, 0.15) is 12.2 Å². The zero-order valence-corrected chi connectivity index (χ0v) is 11.3. The molecule has 2 heterocycles. The van der Waals surface area contributed by atoms with Crippen LogP contribution in [0.3, 0.4) is 0 Å². The van der Waals surface area contributed by atoms with Gasteiger partial charge in [-0.2, -0.15) is 0 Å². The van der Waals surface area contributed by atoms with Crippen molar-refractivity contribution in [2.45, 2.75) is 12.8 Å². The molecule has 7 heteroatoms. The zero-order valence-electron chi connectivity index (χ0n) is 10.5. The highest BCUT2D eigenvalue weighted by Gasteiger charge is 2.22. The minimum absolute atomic E-state index is 0.00817. The standard InChI is InChI=1S/C12H17ClN2O4/c13-11-5-10(19-14-11)1-2-12(17)15-3-4-18-8-9(6-15)7-16/h5,9,16H,1-4,6-8H2. The fourth-order valence-electron chi connectivity index (χ4n) is 2.01. The summed E-state index contributed by atoms with van der Waals surface area (Å²) in [6.45, 7) is 2.13. The summed E-state index contributed by atoms with van der Waals surface area (Å²) in [4.78, 5) is 13.8.